The van der Waals surface area contributed by atoms with Gasteiger partial charge in [0, 0.05) is 24.4 Å². The van der Waals surface area contributed by atoms with E-state index in [1.165, 1.54) is 18.2 Å². The molecule has 4 nitrogen and oxygen atoms in total. The third-order valence-corrected chi connectivity index (χ3v) is 7.23. The van der Waals surface area contributed by atoms with Crippen molar-refractivity contribution in [3.05, 3.63) is 35.6 Å². The van der Waals surface area contributed by atoms with Crippen molar-refractivity contribution in [3.63, 3.8) is 0 Å². The number of carbonyl (C=O) groups is 2. The summed E-state index contributed by atoms with van der Waals surface area (Å²) in [6.07, 6.45) is 0.725. The molecule has 1 aliphatic heterocycles. The molecule has 3 rings (SSSR count). The molecule has 0 bridgehead atoms. The Morgan fingerprint density at radius 3 is 2.54 bits per heavy atom. The van der Waals surface area contributed by atoms with Crippen molar-refractivity contribution in [1.29, 1.82) is 0 Å². The number of benzene rings is 1. The van der Waals surface area contributed by atoms with E-state index in [0.717, 1.165) is 6.42 Å². The van der Waals surface area contributed by atoms with Gasteiger partial charge < -0.3 is 10.2 Å². The van der Waals surface area contributed by atoms with E-state index in [1.54, 1.807) is 11.0 Å². The molecule has 0 unspecified atom stereocenters. The predicted octanol–water partition coefficient (Wildman–Crippen LogP) is 3.62. The fraction of sp³-hybridized carbons (Fsp3) is 0.579. The van der Waals surface area contributed by atoms with E-state index in [1.807, 2.05) is 20.8 Å². The molecule has 2 aliphatic rings. The second-order valence-electron chi connectivity index (χ2n) is 7.80. The molecule has 1 saturated carbocycles. The molecule has 2 amide bonds. The number of halogens is 3. The van der Waals surface area contributed by atoms with Crippen LogP contribution in [0.1, 0.15) is 37.6 Å². The Balaban J connectivity index is 1.71. The van der Waals surface area contributed by atoms with Crippen molar-refractivity contribution in [1.82, 2.24) is 10.2 Å². The highest BCUT2D eigenvalue weighted by molar-refractivity contribution is 6.51. The van der Waals surface area contributed by atoms with Gasteiger partial charge in [-0.1, -0.05) is 32.9 Å². The topological polar surface area (TPSA) is 49.4 Å². The van der Waals surface area contributed by atoms with E-state index < -0.39 is 22.1 Å². The van der Waals surface area contributed by atoms with Crippen LogP contribution in [0, 0.1) is 23.1 Å². The Morgan fingerprint density at radius 2 is 1.96 bits per heavy atom. The first-order valence-electron chi connectivity index (χ1n) is 8.81. The molecule has 2 fully saturated rings. The first-order valence-corrected chi connectivity index (χ1v) is 9.57. The van der Waals surface area contributed by atoms with E-state index >= 15 is 0 Å². The van der Waals surface area contributed by atoms with Crippen LogP contribution in [0.2, 0.25) is 0 Å². The highest BCUT2D eigenvalue weighted by atomic mass is 35.5. The van der Waals surface area contributed by atoms with Gasteiger partial charge in [-0.15, -0.1) is 23.2 Å². The summed E-state index contributed by atoms with van der Waals surface area (Å²) in [6, 6.07) is 4.99. The molecule has 1 heterocycles. The number of nitrogens with zero attached hydrogens (tertiary/aromatic N) is 1. The number of amides is 2. The van der Waals surface area contributed by atoms with Crippen LogP contribution in [0.5, 0.6) is 0 Å². The van der Waals surface area contributed by atoms with Crippen LogP contribution in [0.15, 0.2) is 24.3 Å². The van der Waals surface area contributed by atoms with Crippen LogP contribution >= 0.6 is 23.2 Å². The summed E-state index contributed by atoms with van der Waals surface area (Å²) >= 11 is 12.7. The summed E-state index contributed by atoms with van der Waals surface area (Å²) in [5.41, 5.74) is -0.226. The Hall–Kier alpha value is -1.33. The maximum atomic E-state index is 13.8. The van der Waals surface area contributed by atoms with E-state index in [0.29, 0.717) is 13.1 Å². The molecule has 7 heteroatoms. The van der Waals surface area contributed by atoms with E-state index in [9.17, 15) is 14.0 Å². The number of fused-ring (bicyclic) bond motifs is 1. The SMILES string of the molecule is CC(C)[C@H](NC(=O)c1ccccc1F)C(=O)N1CC[C@]2(C)[C@H](C1)C2(Cl)Cl. The molecule has 1 aromatic carbocycles. The van der Waals surface area contributed by atoms with Gasteiger partial charge in [0.1, 0.15) is 16.2 Å². The summed E-state index contributed by atoms with van der Waals surface area (Å²) in [5, 5.41) is 2.69. The second kappa shape index (κ2) is 6.68. The molecule has 142 valence electrons. The number of piperidine rings is 1. The number of carbonyl (C=O) groups excluding carboxylic acids is 2. The minimum Gasteiger partial charge on any atom is -0.340 e. The van der Waals surface area contributed by atoms with Gasteiger partial charge in [0.25, 0.3) is 5.91 Å². The standard InChI is InChI=1S/C19H23Cl2FN2O2/c1-11(2)15(23-16(25)12-6-4-5-7-13(12)22)17(26)24-9-8-18(3)14(10-24)19(18,20)21/h4-7,11,14-15H,8-10H2,1-3H3,(H,23,25)/t14-,15-,18+/m0/s1. The van der Waals surface area contributed by atoms with Crippen molar-refractivity contribution >= 4 is 35.0 Å². The van der Waals surface area contributed by atoms with Gasteiger partial charge in [0.2, 0.25) is 5.91 Å². The van der Waals surface area contributed by atoms with Gasteiger partial charge in [0.05, 0.1) is 5.56 Å². The van der Waals surface area contributed by atoms with E-state index in [2.05, 4.69) is 5.32 Å². The lowest BCUT2D eigenvalue weighted by atomic mass is 9.95. The van der Waals surface area contributed by atoms with Crippen molar-refractivity contribution in [2.75, 3.05) is 13.1 Å². The molecule has 26 heavy (non-hydrogen) atoms. The van der Waals surface area contributed by atoms with Crippen LogP contribution in [0.25, 0.3) is 0 Å². The fourth-order valence-electron chi connectivity index (χ4n) is 3.78. The number of hydrogen-bond acceptors (Lipinski definition) is 2. The van der Waals surface area contributed by atoms with Gasteiger partial charge in [-0.25, -0.2) is 4.39 Å². The predicted molar refractivity (Wildman–Crippen MR) is 99.7 cm³/mol. The first kappa shape index (κ1) is 19.4. The zero-order valence-corrected chi connectivity index (χ0v) is 16.6. The summed E-state index contributed by atoms with van der Waals surface area (Å²) in [6.45, 7) is 6.76. The largest absolute Gasteiger partial charge is 0.340 e. The highest BCUT2D eigenvalue weighted by Crippen LogP contribution is 2.72. The third-order valence-electron chi connectivity index (χ3n) is 5.84. The fourth-order valence-corrected chi connectivity index (χ4v) is 4.75. The Kier molecular flexibility index (Phi) is 4.99. The lowest BCUT2D eigenvalue weighted by Gasteiger charge is -2.33. The first-order chi connectivity index (χ1) is 12.1. The van der Waals surface area contributed by atoms with Crippen molar-refractivity contribution in [2.24, 2.45) is 17.3 Å². The molecule has 0 spiro atoms. The maximum Gasteiger partial charge on any atom is 0.254 e. The molecule has 1 N–H and O–H groups in total. The number of alkyl halides is 2. The lowest BCUT2D eigenvalue weighted by Crippen LogP contribution is -2.53. The number of hydrogen-bond donors (Lipinski definition) is 1. The van der Waals surface area contributed by atoms with E-state index in [4.69, 9.17) is 23.2 Å². The number of rotatable bonds is 4. The monoisotopic (exact) mass is 400 g/mol. The minimum absolute atomic E-state index is 0.0334. The normalized spacial score (nSPS) is 27.7. The van der Waals surface area contributed by atoms with Crippen LogP contribution in [0.3, 0.4) is 0 Å². The molecule has 0 radical (unpaired) electrons. The van der Waals surface area contributed by atoms with Crippen molar-refractivity contribution in [3.8, 4) is 0 Å². The number of nitrogens with one attached hydrogen (secondary N) is 1. The second-order valence-corrected chi connectivity index (χ2v) is 9.19. The molecule has 1 saturated heterocycles. The summed E-state index contributed by atoms with van der Waals surface area (Å²) in [4.78, 5) is 27.1. The minimum atomic E-state index is -0.800. The molecular formula is C19H23Cl2FN2O2. The van der Waals surface area contributed by atoms with Crippen LogP contribution in [-0.2, 0) is 4.79 Å². The maximum absolute atomic E-state index is 13.8. The van der Waals surface area contributed by atoms with Crippen molar-refractivity contribution in [2.45, 2.75) is 37.6 Å². The molecule has 1 aromatic rings. The quantitative estimate of drug-likeness (QED) is 0.784. The van der Waals surface area contributed by atoms with Gasteiger partial charge in [-0.2, -0.15) is 0 Å². The average molecular weight is 401 g/mol. The van der Waals surface area contributed by atoms with Crippen LogP contribution < -0.4 is 5.32 Å². The average Bonchev–Trinajstić information content (AvgIpc) is 3.04. The molecule has 0 aromatic heterocycles. The van der Waals surface area contributed by atoms with Crippen LogP contribution in [-0.4, -0.2) is 40.2 Å². The van der Waals surface area contributed by atoms with Crippen molar-refractivity contribution < 1.29 is 14.0 Å². The zero-order valence-electron chi connectivity index (χ0n) is 15.1. The summed E-state index contributed by atoms with van der Waals surface area (Å²) < 4.78 is 13.0. The Bertz CT molecular complexity index is 740. The van der Waals surface area contributed by atoms with E-state index in [-0.39, 0.29) is 28.7 Å². The molecule has 3 atom stereocenters. The zero-order chi connectivity index (χ0) is 19.3. The molecular weight excluding hydrogens is 378 g/mol. The smallest absolute Gasteiger partial charge is 0.254 e. The lowest BCUT2D eigenvalue weighted by molar-refractivity contribution is -0.135. The summed E-state index contributed by atoms with van der Waals surface area (Å²) in [7, 11) is 0. The van der Waals surface area contributed by atoms with Crippen LogP contribution in [0.4, 0.5) is 4.39 Å². The van der Waals surface area contributed by atoms with Gasteiger partial charge >= 0.3 is 0 Å². The number of likely N-dealkylation sites (tertiary alicyclic amines) is 1. The third kappa shape index (κ3) is 3.09. The van der Waals surface area contributed by atoms with Gasteiger partial charge in [-0.05, 0) is 24.5 Å². The summed E-state index contributed by atoms with van der Waals surface area (Å²) in [5.74, 6) is -1.48. The Morgan fingerprint density at radius 1 is 1.31 bits per heavy atom. The molecule has 1 aliphatic carbocycles. The van der Waals surface area contributed by atoms with Gasteiger partial charge in [-0.3, -0.25) is 9.59 Å². The van der Waals surface area contributed by atoms with Gasteiger partial charge in [0.15, 0.2) is 0 Å². The Labute approximate surface area is 163 Å². The highest BCUT2D eigenvalue weighted by Gasteiger charge is 2.74.